The normalized spacial score (nSPS) is 13.1. The van der Waals surface area contributed by atoms with Gasteiger partial charge in [0, 0.05) is 12.1 Å². The minimum absolute atomic E-state index is 0.132. The monoisotopic (exact) mass is 311 g/mol. The molecule has 2 N–H and O–H groups in total. The van der Waals surface area contributed by atoms with Crippen LogP contribution in [0.15, 0.2) is 46.1 Å². The lowest BCUT2D eigenvalue weighted by Crippen LogP contribution is -2.29. The molecule has 0 saturated heterocycles. The zero-order valence-electron chi connectivity index (χ0n) is 11.7. The van der Waals surface area contributed by atoms with E-state index < -0.39 is 16.1 Å². The van der Waals surface area contributed by atoms with Crippen LogP contribution in [0.25, 0.3) is 0 Å². The highest BCUT2D eigenvalue weighted by Crippen LogP contribution is 2.21. The van der Waals surface area contributed by atoms with E-state index in [1.807, 2.05) is 0 Å². The zero-order valence-corrected chi connectivity index (χ0v) is 12.6. The highest BCUT2D eigenvalue weighted by Gasteiger charge is 2.19. The quantitative estimate of drug-likeness (QED) is 0.846. The summed E-state index contributed by atoms with van der Waals surface area (Å²) in [7, 11) is -2.18. The summed E-state index contributed by atoms with van der Waals surface area (Å²) in [6.07, 6.45) is 1.83. The number of aryl methyl sites for hydroxylation is 1. The highest BCUT2D eigenvalue weighted by molar-refractivity contribution is 7.89. The van der Waals surface area contributed by atoms with Crippen LogP contribution in [0.3, 0.4) is 0 Å². The predicted molar refractivity (Wildman–Crippen MR) is 76.6 cm³/mol. The van der Waals surface area contributed by atoms with E-state index in [9.17, 15) is 13.5 Å². The van der Waals surface area contributed by atoms with Crippen molar-refractivity contribution in [3.8, 4) is 5.75 Å². The first-order valence-corrected chi connectivity index (χ1v) is 7.77. The van der Waals surface area contributed by atoms with E-state index >= 15 is 0 Å². The number of hydrogen-bond donors (Lipinski definition) is 2. The predicted octanol–water partition coefficient (Wildman–Crippen LogP) is 1.61. The molecule has 0 fully saturated rings. The molecule has 1 atom stereocenters. The number of hydrogen-bond acceptors (Lipinski definition) is 5. The Labute approximate surface area is 123 Å². The second kappa shape index (κ2) is 6.30. The number of ether oxygens (including phenoxy) is 1. The highest BCUT2D eigenvalue weighted by atomic mass is 32.2. The van der Waals surface area contributed by atoms with Gasteiger partial charge in [-0.05, 0) is 36.8 Å². The Morgan fingerprint density at radius 1 is 1.38 bits per heavy atom. The van der Waals surface area contributed by atoms with Gasteiger partial charge in [-0.2, -0.15) is 0 Å². The van der Waals surface area contributed by atoms with E-state index in [1.54, 1.807) is 25.1 Å². The van der Waals surface area contributed by atoms with Crippen LogP contribution in [-0.2, 0) is 10.0 Å². The summed E-state index contributed by atoms with van der Waals surface area (Å²) in [4.78, 5) is 0.155. The van der Waals surface area contributed by atoms with E-state index in [1.165, 1.54) is 25.7 Å². The van der Waals surface area contributed by atoms with Crippen LogP contribution in [0.1, 0.15) is 17.2 Å². The number of benzene rings is 1. The van der Waals surface area contributed by atoms with Gasteiger partial charge in [0.15, 0.2) is 0 Å². The van der Waals surface area contributed by atoms with Crippen molar-refractivity contribution in [3.05, 3.63) is 47.9 Å². The van der Waals surface area contributed by atoms with Gasteiger partial charge in [-0.3, -0.25) is 0 Å². The van der Waals surface area contributed by atoms with Crippen molar-refractivity contribution in [1.82, 2.24) is 4.72 Å². The lowest BCUT2D eigenvalue weighted by molar-refractivity contribution is 0.181. The third-order valence-electron chi connectivity index (χ3n) is 3.07. The third kappa shape index (κ3) is 3.63. The maximum absolute atomic E-state index is 12.2. The number of furan rings is 1. The van der Waals surface area contributed by atoms with E-state index in [-0.39, 0.29) is 11.4 Å². The number of sulfonamides is 1. The minimum atomic E-state index is -3.70. The van der Waals surface area contributed by atoms with Crippen LogP contribution in [0.2, 0.25) is 0 Å². The molecule has 21 heavy (non-hydrogen) atoms. The minimum Gasteiger partial charge on any atom is -0.497 e. The Hall–Kier alpha value is -1.83. The Balaban J connectivity index is 2.11. The average Bonchev–Trinajstić information content (AvgIpc) is 2.98. The summed E-state index contributed by atoms with van der Waals surface area (Å²) >= 11 is 0. The number of aliphatic hydroxyl groups is 1. The number of nitrogens with one attached hydrogen (secondary N) is 1. The Morgan fingerprint density at radius 2 is 2.14 bits per heavy atom. The van der Waals surface area contributed by atoms with E-state index in [0.29, 0.717) is 16.9 Å². The van der Waals surface area contributed by atoms with Gasteiger partial charge in [0.05, 0.1) is 30.6 Å². The fourth-order valence-electron chi connectivity index (χ4n) is 1.90. The standard InChI is InChI=1S/C14H17NO5S/c1-10-7-12(19-2)3-4-14(10)21(17,18)15-8-13(16)11-5-6-20-9-11/h3-7,9,13,15-16H,8H2,1-2H3/t13-/m1/s1. The number of rotatable bonds is 6. The van der Waals surface area contributed by atoms with Crippen LogP contribution >= 0.6 is 0 Å². The number of methoxy groups -OCH3 is 1. The van der Waals surface area contributed by atoms with Crippen molar-refractivity contribution in [3.63, 3.8) is 0 Å². The summed E-state index contributed by atoms with van der Waals surface area (Å²) in [6.45, 7) is 1.55. The lowest BCUT2D eigenvalue weighted by Gasteiger charge is -2.13. The van der Waals surface area contributed by atoms with E-state index in [0.717, 1.165) is 0 Å². The smallest absolute Gasteiger partial charge is 0.240 e. The summed E-state index contributed by atoms with van der Waals surface area (Å²) in [5.74, 6) is 0.588. The molecule has 0 amide bonds. The van der Waals surface area contributed by atoms with Crippen LogP contribution in [0, 0.1) is 6.92 Å². The molecule has 2 aromatic rings. The third-order valence-corrected chi connectivity index (χ3v) is 4.65. The fourth-order valence-corrected chi connectivity index (χ4v) is 3.16. The SMILES string of the molecule is COc1ccc(S(=O)(=O)NC[C@@H](O)c2ccoc2)c(C)c1. The van der Waals surface area contributed by atoms with Crippen molar-refractivity contribution in [2.45, 2.75) is 17.9 Å². The Morgan fingerprint density at radius 3 is 2.71 bits per heavy atom. The molecular weight excluding hydrogens is 294 g/mol. The van der Waals surface area contributed by atoms with E-state index in [4.69, 9.17) is 9.15 Å². The van der Waals surface area contributed by atoms with Crippen molar-refractivity contribution >= 4 is 10.0 Å². The molecule has 0 aliphatic heterocycles. The van der Waals surface area contributed by atoms with Gasteiger partial charge in [0.2, 0.25) is 10.0 Å². The molecule has 0 spiro atoms. The van der Waals surface area contributed by atoms with Crippen molar-refractivity contribution in [1.29, 1.82) is 0 Å². The molecule has 0 radical (unpaired) electrons. The molecule has 0 saturated carbocycles. The van der Waals surface area contributed by atoms with Crippen LogP contribution in [-0.4, -0.2) is 27.2 Å². The molecular formula is C14H17NO5S. The molecule has 1 aromatic carbocycles. The van der Waals surface area contributed by atoms with Gasteiger partial charge in [0.1, 0.15) is 5.75 Å². The summed E-state index contributed by atoms with van der Waals surface area (Å²) < 4.78 is 36.8. The molecule has 6 nitrogen and oxygen atoms in total. The average molecular weight is 311 g/mol. The first-order valence-electron chi connectivity index (χ1n) is 6.28. The molecule has 0 aliphatic rings. The molecule has 0 unspecified atom stereocenters. The van der Waals surface area contributed by atoms with Crippen molar-refractivity contribution < 1.29 is 22.7 Å². The van der Waals surface area contributed by atoms with Crippen LogP contribution < -0.4 is 9.46 Å². The second-order valence-corrected chi connectivity index (χ2v) is 6.29. The lowest BCUT2D eigenvalue weighted by atomic mass is 10.2. The summed E-state index contributed by atoms with van der Waals surface area (Å²) in [5, 5.41) is 9.86. The van der Waals surface area contributed by atoms with Crippen molar-refractivity contribution in [2.24, 2.45) is 0 Å². The van der Waals surface area contributed by atoms with Gasteiger partial charge in [-0.25, -0.2) is 13.1 Å². The largest absolute Gasteiger partial charge is 0.497 e. The second-order valence-electron chi connectivity index (χ2n) is 4.56. The molecule has 2 rings (SSSR count). The van der Waals surface area contributed by atoms with Gasteiger partial charge < -0.3 is 14.3 Å². The maximum Gasteiger partial charge on any atom is 0.240 e. The van der Waals surface area contributed by atoms with Gasteiger partial charge in [0.25, 0.3) is 0 Å². The molecule has 0 bridgehead atoms. The number of aliphatic hydroxyl groups excluding tert-OH is 1. The Kier molecular flexibility index (Phi) is 4.66. The zero-order chi connectivity index (χ0) is 15.5. The summed E-state index contributed by atoms with van der Waals surface area (Å²) in [6, 6.07) is 6.27. The fraction of sp³-hybridized carbons (Fsp3) is 0.286. The van der Waals surface area contributed by atoms with Crippen LogP contribution in [0.4, 0.5) is 0 Å². The van der Waals surface area contributed by atoms with Crippen LogP contribution in [0.5, 0.6) is 5.75 Å². The van der Waals surface area contributed by atoms with Gasteiger partial charge in [-0.1, -0.05) is 0 Å². The molecule has 1 aromatic heterocycles. The van der Waals surface area contributed by atoms with Gasteiger partial charge >= 0.3 is 0 Å². The topological polar surface area (TPSA) is 88.8 Å². The summed E-state index contributed by atoms with van der Waals surface area (Å²) in [5.41, 5.74) is 1.09. The Bertz CT molecular complexity index is 694. The molecule has 1 heterocycles. The molecule has 0 aliphatic carbocycles. The van der Waals surface area contributed by atoms with Crippen molar-refractivity contribution in [2.75, 3.05) is 13.7 Å². The molecule has 7 heteroatoms. The van der Waals surface area contributed by atoms with E-state index in [2.05, 4.69) is 4.72 Å². The first kappa shape index (κ1) is 15.6. The van der Waals surface area contributed by atoms with Gasteiger partial charge in [-0.15, -0.1) is 0 Å². The maximum atomic E-state index is 12.2. The first-order chi connectivity index (χ1) is 9.94. The molecule has 114 valence electrons.